The summed E-state index contributed by atoms with van der Waals surface area (Å²) < 4.78 is 12.3. The lowest BCUT2D eigenvalue weighted by atomic mass is 9.96. The summed E-state index contributed by atoms with van der Waals surface area (Å²) in [4.78, 5) is 15.8. The molecule has 8 heteroatoms. The first-order valence-corrected chi connectivity index (χ1v) is 11.4. The van der Waals surface area contributed by atoms with Crippen molar-refractivity contribution < 1.29 is 14.6 Å². The topological polar surface area (TPSA) is 113 Å². The third-order valence-electron chi connectivity index (χ3n) is 6.03. The van der Waals surface area contributed by atoms with Gasteiger partial charge in [-0.25, -0.2) is 4.68 Å². The molecule has 0 spiro atoms. The molecule has 0 unspecified atom stereocenters. The summed E-state index contributed by atoms with van der Waals surface area (Å²) in [5, 5.41) is 25.8. The van der Waals surface area contributed by atoms with Crippen molar-refractivity contribution in [2.24, 2.45) is 0 Å². The number of ether oxygens (including phenoxy) is 2. The Morgan fingerprint density at radius 3 is 2.27 bits per heavy atom. The molecule has 0 bridgehead atoms. The summed E-state index contributed by atoms with van der Waals surface area (Å²) in [6.07, 6.45) is 1.74. The molecular weight excluding hydrogens is 468 g/mol. The van der Waals surface area contributed by atoms with Gasteiger partial charge in [0.1, 0.15) is 17.3 Å². The number of benzene rings is 3. The predicted octanol–water partition coefficient (Wildman–Crippen LogP) is 5.16. The number of para-hydroxylation sites is 1. The summed E-state index contributed by atoms with van der Waals surface area (Å²) in [7, 11) is 2.91. The number of phenolic OH excluding ortho intramolecular Hbond substituents is 1. The van der Waals surface area contributed by atoms with Crippen LogP contribution >= 0.6 is 0 Å². The van der Waals surface area contributed by atoms with Gasteiger partial charge in [0.15, 0.2) is 11.5 Å². The number of nitrogens with zero attached hydrogens (tertiary/aromatic N) is 3. The Kier molecular flexibility index (Phi) is 6.18. The number of methoxy groups -OCH3 is 2. The van der Waals surface area contributed by atoms with Crippen molar-refractivity contribution in [3.05, 3.63) is 101 Å². The highest BCUT2D eigenvalue weighted by Crippen LogP contribution is 2.46. The van der Waals surface area contributed by atoms with Crippen LogP contribution < -0.4 is 15.0 Å². The van der Waals surface area contributed by atoms with E-state index >= 15 is 0 Å². The molecule has 8 nitrogen and oxygen atoms in total. The van der Waals surface area contributed by atoms with Gasteiger partial charge in [-0.3, -0.25) is 4.79 Å². The fraction of sp³-hybridized carbons (Fsp3) is 0.0690. The van der Waals surface area contributed by atoms with E-state index in [1.165, 1.54) is 14.2 Å². The first kappa shape index (κ1) is 23.5. The zero-order chi connectivity index (χ0) is 25.9. The van der Waals surface area contributed by atoms with Crippen LogP contribution in [0.25, 0.3) is 39.3 Å². The molecule has 2 aromatic heterocycles. The highest BCUT2D eigenvalue weighted by Gasteiger charge is 2.24. The van der Waals surface area contributed by atoms with Crippen molar-refractivity contribution in [3.63, 3.8) is 0 Å². The number of nitriles is 1. The fourth-order valence-corrected chi connectivity index (χ4v) is 4.24. The fourth-order valence-electron chi connectivity index (χ4n) is 4.24. The number of aromatic amines is 1. The number of aromatic nitrogens is 3. The van der Waals surface area contributed by atoms with Gasteiger partial charge in [0.25, 0.3) is 5.56 Å². The van der Waals surface area contributed by atoms with Gasteiger partial charge in [0.05, 0.1) is 19.9 Å². The van der Waals surface area contributed by atoms with Gasteiger partial charge in [-0.2, -0.15) is 10.4 Å². The Balaban J connectivity index is 1.82. The highest BCUT2D eigenvalue weighted by atomic mass is 16.5. The second-order valence-corrected chi connectivity index (χ2v) is 8.15. The maximum Gasteiger partial charge on any atom is 0.266 e. The summed E-state index contributed by atoms with van der Waals surface area (Å²) in [5.41, 5.74) is 3.12. The molecule has 0 aliphatic heterocycles. The molecule has 5 aromatic rings. The van der Waals surface area contributed by atoms with Crippen molar-refractivity contribution in [2.75, 3.05) is 14.2 Å². The zero-order valence-electron chi connectivity index (χ0n) is 20.1. The molecule has 0 atom stereocenters. The van der Waals surface area contributed by atoms with Crippen molar-refractivity contribution in [1.82, 2.24) is 14.8 Å². The number of hydrogen-bond donors (Lipinski definition) is 2. The van der Waals surface area contributed by atoms with E-state index in [0.29, 0.717) is 33.8 Å². The van der Waals surface area contributed by atoms with E-state index in [-0.39, 0.29) is 17.1 Å². The van der Waals surface area contributed by atoms with E-state index in [0.717, 1.165) is 11.3 Å². The molecule has 0 amide bonds. The quantitative estimate of drug-likeness (QED) is 0.340. The minimum absolute atomic E-state index is 0.0616. The first-order valence-electron chi connectivity index (χ1n) is 11.4. The van der Waals surface area contributed by atoms with Gasteiger partial charge >= 0.3 is 0 Å². The molecule has 0 saturated heterocycles. The number of hydrogen-bond acceptors (Lipinski definition) is 6. The Morgan fingerprint density at radius 2 is 1.62 bits per heavy atom. The second-order valence-electron chi connectivity index (χ2n) is 8.15. The van der Waals surface area contributed by atoms with E-state index in [9.17, 15) is 15.2 Å². The lowest BCUT2D eigenvalue weighted by Crippen LogP contribution is -2.12. The molecule has 5 rings (SSSR count). The van der Waals surface area contributed by atoms with Crippen molar-refractivity contribution in [2.45, 2.75) is 0 Å². The van der Waals surface area contributed by atoms with Gasteiger partial charge in [-0.1, -0.05) is 48.5 Å². The smallest absolute Gasteiger partial charge is 0.266 e. The van der Waals surface area contributed by atoms with Crippen LogP contribution in [0.3, 0.4) is 0 Å². The third-order valence-corrected chi connectivity index (χ3v) is 6.03. The van der Waals surface area contributed by atoms with E-state index in [4.69, 9.17) is 14.6 Å². The minimum Gasteiger partial charge on any atom is -0.504 e. The van der Waals surface area contributed by atoms with Crippen molar-refractivity contribution in [1.29, 1.82) is 5.26 Å². The van der Waals surface area contributed by atoms with Crippen molar-refractivity contribution >= 4 is 0 Å². The number of rotatable bonds is 6. The molecule has 2 heterocycles. The minimum atomic E-state index is -0.520. The third kappa shape index (κ3) is 4.19. The number of phenols is 1. The van der Waals surface area contributed by atoms with E-state index < -0.39 is 5.56 Å². The highest BCUT2D eigenvalue weighted by molar-refractivity contribution is 5.88. The van der Waals surface area contributed by atoms with Gasteiger partial charge in [-0.15, -0.1) is 0 Å². The summed E-state index contributed by atoms with van der Waals surface area (Å²) in [6.45, 7) is 0. The molecule has 2 N–H and O–H groups in total. The SMILES string of the molecule is COc1ccc(-c2nn(-c3ccccc3)cc2-c2cc(-c3ccccc3)[nH]c(=O)c2C#N)c(O)c1OC. The summed E-state index contributed by atoms with van der Waals surface area (Å²) >= 11 is 0. The zero-order valence-corrected chi connectivity index (χ0v) is 20.1. The first-order chi connectivity index (χ1) is 18.0. The molecule has 0 aliphatic rings. The van der Waals surface area contributed by atoms with Crippen LogP contribution in [0.4, 0.5) is 0 Å². The van der Waals surface area contributed by atoms with Crippen LogP contribution in [0.5, 0.6) is 17.2 Å². The van der Waals surface area contributed by atoms with Crippen LogP contribution in [-0.2, 0) is 0 Å². The summed E-state index contributed by atoms with van der Waals surface area (Å²) in [5.74, 6) is 0.331. The second kappa shape index (κ2) is 9.76. The van der Waals surface area contributed by atoms with Crippen LogP contribution in [-0.4, -0.2) is 34.1 Å². The van der Waals surface area contributed by atoms with E-state index in [2.05, 4.69) is 4.98 Å². The summed E-state index contributed by atoms with van der Waals surface area (Å²) in [6, 6.07) is 25.9. The molecule has 0 radical (unpaired) electrons. The lowest BCUT2D eigenvalue weighted by molar-refractivity contribution is 0.333. The maximum absolute atomic E-state index is 13.0. The molecule has 0 saturated carbocycles. The van der Waals surface area contributed by atoms with Crippen LogP contribution in [0.1, 0.15) is 5.56 Å². The Labute approximate surface area is 212 Å². The lowest BCUT2D eigenvalue weighted by Gasteiger charge is -2.13. The molecule has 3 aromatic carbocycles. The number of nitrogens with one attached hydrogen (secondary N) is 1. The van der Waals surface area contributed by atoms with Gasteiger partial charge in [0, 0.05) is 28.6 Å². The normalized spacial score (nSPS) is 10.6. The standard InChI is InChI=1S/C29H22N4O4/c1-36-25-14-13-20(27(34)28(25)37-2)26-23(17-33(32-26)19-11-7-4-8-12-19)21-15-24(18-9-5-3-6-10-18)31-29(35)22(21)16-30/h3-15,17,34H,1-2H3,(H,31,35). The van der Waals surface area contributed by atoms with Crippen LogP contribution in [0.15, 0.2) is 89.9 Å². The Morgan fingerprint density at radius 1 is 0.919 bits per heavy atom. The average molecular weight is 491 g/mol. The molecule has 37 heavy (non-hydrogen) atoms. The molecule has 0 fully saturated rings. The van der Waals surface area contributed by atoms with Gasteiger partial charge < -0.3 is 19.6 Å². The molecule has 0 aliphatic carbocycles. The number of pyridine rings is 1. The number of aromatic hydroxyl groups is 1. The average Bonchev–Trinajstić information content (AvgIpc) is 3.38. The predicted molar refractivity (Wildman–Crippen MR) is 140 cm³/mol. The maximum atomic E-state index is 13.0. The monoisotopic (exact) mass is 490 g/mol. The number of H-pyrrole nitrogens is 1. The largest absolute Gasteiger partial charge is 0.504 e. The molecular formula is C29H22N4O4. The van der Waals surface area contributed by atoms with Gasteiger partial charge in [-0.05, 0) is 35.9 Å². The van der Waals surface area contributed by atoms with E-state index in [1.54, 1.807) is 29.1 Å². The Bertz CT molecular complexity index is 1680. The van der Waals surface area contributed by atoms with E-state index in [1.807, 2.05) is 66.7 Å². The van der Waals surface area contributed by atoms with Crippen LogP contribution in [0.2, 0.25) is 0 Å². The van der Waals surface area contributed by atoms with Gasteiger partial charge in [0.2, 0.25) is 5.75 Å². The Hall–Kier alpha value is -5.29. The van der Waals surface area contributed by atoms with Crippen molar-refractivity contribution in [3.8, 4) is 62.6 Å². The molecule has 182 valence electrons. The van der Waals surface area contributed by atoms with Crippen LogP contribution in [0, 0.1) is 11.3 Å².